The summed E-state index contributed by atoms with van der Waals surface area (Å²) in [5.74, 6) is -0.817. The highest BCUT2D eigenvalue weighted by Gasteiger charge is 2.36. The monoisotopic (exact) mass is 324 g/mol. The fourth-order valence-electron chi connectivity index (χ4n) is 2.07. The van der Waals surface area contributed by atoms with Crippen molar-refractivity contribution in [2.45, 2.75) is 19.0 Å². The van der Waals surface area contributed by atoms with E-state index in [2.05, 4.69) is 15.1 Å². The number of piperazine rings is 1. The number of nitrogens with zero attached hydrogens (tertiary/aromatic N) is 4. The van der Waals surface area contributed by atoms with E-state index in [1.807, 2.05) is 0 Å². The highest BCUT2D eigenvalue weighted by Crippen LogP contribution is 2.34. The zero-order valence-electron chi connectivity index (χ0n) is 11.1. The molecule has 2 rings (SSSR count). The summed E-state index contributed by atoms with van der Waals surface area (Å²) in [5, 5.41) is 14.7. The number of hydrogen-bond acceptors (Lipinski definition) is 6. The normalized spacial score (nSPS) is 17.2. The predicted octanol–water partition coefficient (Wildman–Crippen LogP) is 1.54. The Morgan fingerprint density at radius 2 is 1.90 bits per heavy atom. The zero-order valence-corrected chi connectivity index (χ0v) is 12.0. The van der Waals surface area contributed by atoms with Crippen molar-refractivity contribution in [1.29, 1.82) is 0 Å². The third-order valence-electron chi connectivity index (χ3n) is 3.16. The predicted molar refractivity (Wildman–Crippen MR) is 70.4 cm³/mol. The summed E-state index contributed by atoms with van der Waals surface area (Å²) in [7, 11) is 0. The van der Waals surface area contributed by atoms with Gasteiger partial charge in [0.25, 0.3) is 0 Å². The van der Waals surface area contributed by atoms with Gasteiger partial charge in [-0.3, -0.25) is 9.69 Å². The number of halogens is 3. The van der Waals surface area contributed by atoms with E-state index in [0.717, 1.165) is 0 Å². The maximum Gasteiger partial charge on any atom is 0.445 e. The van der Waals surface area contributed by atoms with Gasteiger partial charge >= 0.3 is 12.1 Å². The number of rotatable bonds is 5. The first-order chi connectivity index (χ1) is 9.86. The Kier molecular flexibility index (Phi) is 4.99. The topological polar surface area (TPSA) is 69.6 Å². The molecule has 10 heteroatoms. The molecular weight excluding hydrogens is 309 g/mol. The Bertz CT molecular complexity index is 486. The number of carbonyl (C=O) groups is 1. The molecule has 0 radical (unpaired) electrons. The van der Waals surface area contributed by atoms with E-state index < -0.39 is 17.2 Å². The maximum atomic E-state index is 12.5. The summed E-state index contributed by atoms with van der Waals surface area (Å²) < 4.78 is 37.4. The lowest BCUT2D eigenvalue weighted by atomic mass is 10.2. The van der Waals surface area contributed by atoms with Crippen LogP contribution in [0.1, 0.15) is 17.8 Å². The number of aliphatic carboxylic acids is 1. The van der Waals surface area contributed by atoms with Crippen LogP contribution in [0.5, 0.6) is 0 Å². The highest BCUT2D eigenvalue weighted by molar-refractivity contribution is 7.15. The van der Waals surface area contributed by atoms with Gasteiger partial charge < -0.3 is 10.0 Å². The average molecular weight is 324 g/mol. The second kappa shape index (κ2) is 6.56. The van der Waals surface area contributed by atoms with Crippen LogP contribution in [0, 0.1) is 0 Å². The van der Waals surface area contributed by atoms with Crippen molar-refractivity contribution in [2.24, 2.45) is 0 Å². The van der Waals surface area contributed by atoms with Crippen LogP contribution in [-0.2, 0) is 11.0 Å². The van der Waals surface area contributed by atoms with Crippen LogP contribution in [0.3, 0.4) is 0 Å². The molecular formula is C11H15F3N4O2S. The first kappa shape index (κ1) is 16.0. The summed E-state index contributed by atoms with van der Waals surface area (Å²) in [4.78, 5) is 14.3. The van der Waals surface area contributed by atoms with Gasteiger partial charge in [-0.15, -0.1) is 10.2 Å². The minimum Gasteiger partial charge on any atom is -0.481 e. The third-order valence-corrected chi connectivity index (χ3v) is 4.19. The van der Waals surface area contributed by atoms with Crippen LogP contribution < -0.4 is 4.90 Å². The lowest BCUT2D eigenvalue weighted by Gasteiger charge is -2.34. The van der Waals surface area contributed by atoms with Crippen LogP contribution in [0.2, 0.25) is 0 Å². The zero-order chi connectivity index (χ0) is 15.5. The summed E-state index contributed by atoms with van der Waals surface area (Å²) in [6, 6.07) is 0. The molecule has 118 valence electrons. The van der Waals surface area contributed by atoms with Gasteiger partial charge in [-0.1, -0.05) is 11.3 Å². The van der Waals surface area contributed by atoms with Gasteiger partial charge in [0.05, 0.1) is 0 Å². The van der Waals surface area contributed by atoms with Gasteiger partial charge in [-0.05, 0) is 13.0 Å². The van der Waals surface area contributed by atoms with Gasteiger partial charge in [-0.2, -0.15) is 13.2 Å². The van der Waals surface area contributed by atoms with Gasteiger partial charge in [0, 0.05) is 32.6 Å². The fourth-order valence-corrected chi connectivity index (χ4v) is 2.84. The maximum absolute atomic E-state index is 12.5. The van der Waals surface area contributed by atoms with E-state index >= 15 is 0 Å². The van der Waals surface area contributed by atoms with Crippen LogP contribution in [-0.4, -0.2) is 58.9 Å². The molecule has 0 aromatic carbocycles. The number of carboxylic acids is 1. The lowest BCUT2D eigenvalue weighted by Crippen LogP contribution is -2.46. The standard InChI is InChI=1S/C11H15F3N4O2S/c12-11(13,14)9-15-16-10(21-9)18-6-4-17(5-7-18)3-1-2-8(19)20/h1-7H2,(H,19,20). The first-order valence-corrected chi connectivity index (χ1v) is 7.27. The van der Waals surface area contributed by atoms with Crippen LogP contribution >= 0.6 is 11.3 Å². The van der Waals surface area contributed by atoms with Crippen molar-refractivity contribution in [2.75, 3.05) is 37.6 Å². The van der Waals surface area contributed by atoms with Gasteiger partial charge in [0.1, 0.15) is 0 Å². The first-order valence-electron chi connectivity index (χ1n) is 6.46. The smallest absolute Gasteiger partial charge is 0.445 e. The molecule has 0 bridgehead atoms. The molecule has 0 saturated carbocycles. The largest absolute Gasteiger partial charge is 0.481 e. The van der Waals surface area contributed by atoms with Crippen molar-refractivity contribution in [3.63, 3.8) is 0 Å². The quantitative estimate of drug-likeness (QED) is 0.886. The minimum absolute atomic E-state index is 0.131. The number of aromatic nitrogens is 2. The molecule has 0 atom stereocenters. The van der Waals surface area contributed by atoms with E-state index in [0.29, 0.717) is 50.5 Å². The van der Waals surface area contributed by atoms with Crippen molar-refractivity contribution in [3.8, 4) is 0 Å². The second-order valence-electron chi connectivity index (χ2n) is 4.71. The van der Waals surface area contributed by atoms with Gasteiger partial charge in [0.15, 0.2) is 0 Å². The third kappa shape index (κ3) is 4.53. The van der Waals surface area contributed by atoms with Crippen molar-refractivity contribution in [1.82, 2.24) is 15.1 Å². The Hall–Kier alpha value is -1.42. The van der Waals surface area contributed by atoms with E-state index in [4.69, 9.17) is 5.11 Å². The molecule has 1 aromatic heterocycles. The van der Waals surface area contributed by atoms with Crippen LogP contribution in [0.25, 0.3) is 0 Å². The average Bonchev–Trinajstić information content (AvgIpc) is 2.88. The summed E-state index contributed by atoms with van der Waals surface area (Å²) in [5.41, 5.74) is 0. The molecule has 1 N–H and O–H groups in total. The SMILES string of the molecule is O=C(O)CCCN1CCN(c2nnc(C(F)(F)F)s2)CC1. The van der Waals surface area contributed by atoms with Crippen molar-refractivity contribution in [3.05, 3.63) is 5.01 Å². The minimum atomic E-state index is -4.45. The molecule has 1 aliphatic heterocycles. The van der Waals surface area contributed by atoms with E-state index in [1.165, 1.54) is 0 Å². The van der Waals surface area contributed by atoms with Crippen molar-refractivity contribution < 1.29 is 23.1 Å². The summed E-state index contributed by atoms with van der Waals surface area (Å²) in [6.07, 6.45) is -3.74. The molecule has 21 heavy (non-hydrogen) atoms. The Morgan fingerprint density at radius 1 is 1.24 bits per heavy atom. The molecule has 2 heterocycles. The van der Waals surface area contributed by atoms with E-state index in [1.54, 1.807) is 4.90 Å². The van der Waals surface area contributed by atoms with Gasteiger partial charge in [-0.25, -0.2) is 0 Å². The second-order valence-corrected chi connectivity index (χ2v) is 5.67. The molecule has 0 spiro atoms. The molecule has 0 unspecified atom stereocenters. The summed E-state index contributed by atoms with van der Waals surface area (Å²) in [6.45, 7) is 3.18. The van der Waals surface area contributed by atoms with E-state index in [-0.39, 0.29) is 11.6 Å². The number of alkyl halides is 3. The molecule has 0 amide bonds. The van der Waals surface area contributed by atoms with Crippen LogP contribution in [0.4, 0.5) is 18.3 Å². The van der Waals surface area contributed by atoms with Gasteiger partial charge in [0.2, 0.25) is 10.1 Å². The highest BCUT2D eigenvalue weighted by atomic mass is 32.1. The number of carboxylic acid groups (broad SMARTS) is 1. The fraction of sp³-hybridized carbons (Fsp3) is 0.727. The van der Waals surface area contributed by atoms with Crippen LogP contribution in [0.15, 0.2) is 0 Å². The molecule has 0 aliphatic carbocycles. The van der Waals surface area contributed by atoms with Crippen molar-refractivity contribution >= 4 is 22.4 Å². The number of hydrogen-bond donors (Lipinski definition) is 1. The Labute approximate surface area is 123 Å². The molecule has 1 aliphatic rings. The molecule has 1 fully saturated rings. The Morgan fingerprint density at radius 3 is 2.43 bits per heavy atom. The summed E-state index contributed by atoms with van der Waals surface area (Å²) >= 11 is 0.552. The van der Waals surface area contributed by atoms with E-state index in [9.17, 15) is 18.0 Å². The molecule has 1 saturated heterocycles. The molecule has 1 aromatic rings. The Balaban J connectivity index is 1.81. The molecule has 6 nitrogen and oxygen atoms in total. The lowest BCUT2D eigenvalue weighted by molar-refractivity contribution is -0.138. The number of anilines is 1.